The number of carbonyl (C=O) groups excluding carboxylic acids is 2. The Morgan fingerprint density at radius 3 is 2.85 bits per heavy atom. The zero-order valence-corrected chi connectivity index (χ0v) is 7.56. The van der Waals surface area contributed by atoms with Crippen LogP contribution in [0.15, 0.2) is 0 Å². The molecule has 0 aromatic carbocycles. The number of fused-ring (bicyclic) bond motifs is 2. The second kappa shape index (κ2) is 2.61. The van der Waals surface area contributed by atoms with E-state index < -0.39 is 0 Å². The van der Waals surface area contributed by atoms with Crippen LogP contribution in [0.3, 0.4) is 0 Å². The summed E-state index contributed by atoms with van der Waals surface area (Å²) in [6.07, 6.45) is 1.59. The molecule has 0 saturated carbocycles. The van der Waals surface area contributed by atoms with Crippen LogP contribution in [-0.4, -0.2) is 47.4 Å². The molecule has 0 aromatic rings. The topological polar surface area (TPSA) is 66.6 Å². The zero-order valence-electron chi connectivity index (χ0n) is 7.56. The van der Waals surface area contributed by atoms with E-state index in [4.69, 9.17) is 5.73 Å². The van der Waals surface area contributed by atoms with Gasteiger partial charge in [0.15, 0.2) is 0 Å². The standard InChI is InChI=1S/C8H13N3O2/c1-10-5-2-3-6(7(9)12)11(4-5)8(10)13/h5-6H,2-4H2,1H3,(H2,9,12). The highest BCUT2D eigenvalue weighted by Gasteiger charge is 2.44. The smallest absolute Gasteiger partial charge is 0.320 e. The van der Waals surface area contributed by atoms with Gasteiger partial charge in [0.05, 0.1) is 6.04 Å². The van der Waals surface area contributed by atoms with Crippen molar-refractivity contribution in [3.63, 3.8) is 0 Å². The van der Waals surface area contributed by atoms with Crippen LogP contribution >= 0.6 is 0 Å². The van der Waals surface area contributed by atoms with Gasteiger partial charge in [0.2, 0.25) is 5.91 Å². The van der Waals surface area contributed by atoms with Gasteiger partial charge in [-0.1, -0.05) is 0 Å². The molecule has 2 fully saturated rings. The molecule has 2 rings (SSSR count). The van der Waals surface area contributed by atoms with Gasteiger partial charge in [-0.3, -0.25) is 4.79 Å². The number of amides is 3. The first kappa shape index (κ1) is 8.34. The Bertz CT molecular complexity index is 266. The normalized spacial score (nSPS) is 32.5. The number of hydrogen-bond acceptors (Lipinski definition) is 2. The minimum absolute atomic E-state index is 0.0636. The third kappa shape index (κ3) is 1.07. The summed E-state index contributed by atoms with van der Waals surface area (Å²) in [6, 6.07) is -0.164. The number of nitrogens with zero attached hydrogens (tertiary/aromatic N) is 2. The Balaban J connectivity index is 2.22. The van der Waals surface area contributed by atoms with Crippen molar-refractivity contribution < 1.29 is 9.59 Å². The lowest BCUT2D eigenvalue weighted by molar-refractivity contribution is -0.122. The van der Waals surface area contributed by atoms with Gasteiger partial charge in [0.1, 0.15) is 6.04 Å². The highest BCUT2D eigenvalue weighted by molar-refractivity contribution is 5.87. The fraction of sp³-hybridized carbons (Fsp3) is 0.750. The molecule has 2 aliphatic heterocycles. The molecule has 5 heteroatoms. The van der Waals surface area contributed by atoms with E-state index in [1.54, 1.807) is 16.8 Å². The molecule has 2 atom stereocenters. The summed E-state index contributed by atoms with van der Waals surface area (Å²) < 4.78 is 0. The summed E-state index contributed by atoms with van der Waals surface area (Å²) in [6.45, 7) is 0.656. The largest absolute Gasteiger partial charge is 0.368 e. The van der Waals surface area contributed by atoms with Crippen molar-refractivity contribution in [2.24, 2.45) is 5.73 Å². The Kier molecular flexibility index (Phi) is 1.68. The van der Waals surface area contributed by atoms with Crippen molar-refractivity contribution in [2.75, 3.05) is 13.6 Å². The van der Waals surface area contributed by atoms with E-state index >= 15 is 0 Å². The van der Waals surface area contributed by atoms with Gasteiger partial charge in [0.25, 0.3) is 0 Å². The van der Waals surface area contributed by atoms with Crippen LogP contribution in [0.4, 0.5) is 4.79 Å². The molecule has 2 bridgehead atoms. The zero-order chi connectivity index (χ0) is 9.59. The van der Waals surface area contributed by atoms with Crippen molar-refractivity contribution in [3.8, 4) is 0 Å². The average molecular weight is 183 g/mol. The molecule has 0 aliphatic carbocycles. The molecule has 2 aliphatic rings. The SMILES string of the molecule is CN1C(=O)N2CC1CCC2C(N)=O. The predicted octanol–water partition coefficient (Wildman–Crippen LogP) is -0.630. The van der Waals surface area contributed by atoms with Crippen molar-refractivity contribution in [1.82, 2.24) is 9.80 Å². The number of carbonyl (C=O) groups is 2. The van der Waals surface area contributed by atoms with Crippen molar-refractivity contribution >= 4 is 11.9 Å². The second-order valence-corrected chi connectivity index (χ2v) is 3.70. The molecule has 0 spiro atoms. The van der Waals surface area contributed by atoms with Gasteiger partial charge in [-0.25, -0.2) is 4.79 Å². The first-order chi connectivity index (χ1) is 6.11. The third-order valence-electron chi connectivity index (χ3n) is 2.98. The van der Waals surface area contributed by atoms with Crippen molar-refractivity contribution in [3.05, 3.63) is 0 Å². The van der Waals surface area contributed by atoms with Crippen LogP contribution < -0.4 is 5.73 Å². The summed E-state index contributed by atoms with van der Waals surface area (Å²) in [5.74, 6) is -0.387. The molecule has 2 N–H and O–H groups in total. The number of rotatable bonds is 1. The average Bonchev–Trinajstić information content (AvgIpc) is 2.32. The minimum atomic E-state index is -0.387. The van der Waals surface area contributed by atoms with Crippen LogP contribution in [0, 0.1) is 0 Å². The lowest BCUT2D eigenvalue weighted by Gasteiger charge is -2.27. The quantitative estimate of drug-likeness (QED) is 0.588. The van der Waals surface area contributed by atoms with Crippen LogP contribution in [0.5, 0.6) is 0 Å². The van der Waals surface area contributed by atoms with E-state index in [-0.39, 0.29) is 24.0 Å². The maximum Gasteiger partial charge on any atom is 0.320 e. The summed E-state index contributed by atoms with van der Waals surface area (Å²) >= 11 is 0. The van der Waals surface area contributed by atoms with E-state index in [0.29, 0.717) is 13.0 Å². The summed E-state index contributed by atoms with van der Waals surface area (Å²) in [5, 5.41) is 0. The highest BCUT2D eigenvalue weighted by atomic mass is 16.2. The number of likely N-dealkylation sites (N-methyl/N-ethyl adjacent to an activating group) is 1. The number of piperidine rings is 1. The predicted molar refractivity (Wildman–Crippen MR) is 45.9 cm³/mol. The molecule has 2 heterocycles. The van der Waals surface area contributed by atoms with Gasteiger partial charge in [-0.05, 0) is 12.8 Å². The first-order valence-electron chi connectivity index (χ1n) is 4.44. The lowest BCUT2D eigenvalue weighted by Crippen LogP contribution is -2.47. The van der Waals surface area contributed by atoms with Crippen molar-refractivity contribution in [2.45, 2.75) is 24.9 Å². The lowest BCUT2D eigenvalue weighted by atomic mass is 10.0. The van der Waals surface area contributed by atoms with Crippen LogP contribution in [0.25, 0.3) is 0 Å². The van der Waals surface area contributed by atoms with E-state index in [1.807, 2.05) is 0 Å². The number of nitrogens with two attached hydrogens (primary N) is 1. The Hall–Kier alpha value is -1.26. The molecule has 5 nitrogen and oxygen atoms in total. The van der Waals surface area contributed by atoms with Gasteiger partial charge in [-0.15, -0.1) is 0 Å². The Morgan fingerprint density at radius 2 is 2.23 bits per heavy atom. The van der Waals surface area contributed by atoms with Crippen LogP contribution in [0.1, 0.15) is 12.8 Å². The summed E-state index contributed by atoms with van der Waals surface area (Å²) in [5.41, 5.74) is 5.21. The Labute approximate surface area is 76.5 Å². The molecule has 0 radical (unpaired) electrons. The fourth-order valence-corrected chi connectivity index (χ4v) is 2.13. The fourth-order valence-electron chi connectivity index (χ4n) is 2.13. The molecule has 2 unspecified atom stereocenters. The van der Waals surface area contributed by atoms with E-state index in [9.17, 15) is 9.59 Å². The maximum absolute atomic E-state index is 11.5. The van der Waals surface area contributed by atoms with Crippen molar-refractivity contribution in [1.29, 1.82) is 0 Å². The molecule has 3 amide bonds. The number of urea groups is 1. The molecular formula is C8H13N3O2. The van der Waals surface area contributed by atoms with E-state index in [0.717, 1.165) is 6.42 Å². The molecule has 0 aromatic heterocycles. The minimum Gasteiger partial charge on any atom is -0.368 e. The number of hydrogen-bond donors (Lipinski definition) is 1. The van der Waals surface area contributed by atoms with Gasteiger partial charge >= 0.3 is 6.03 Å². The van der Waals surface area contributed by atoms with Crippen LogP contribution in [0.2, 0.25) is 0 Å². The first-order valence-corrected chi connectivity index (χ1v) is 4.44. The van der Waals surface area contributed by atoms with E-state index in [1.165, 1.54) is 0 Å². The second-order valence-electron chi connectivity index (χ2n) is 3.70. The van der Waals surface area contributed by atoms with E-state index in [2.05, 4.69) is 0 Å². The van der Waals surface area contributed by atoms with Crippen LogP contribution in [-0.2, 0) is 4.79 Å². The highest BCUT2D eigenvalue weighted by Crippen LogP contribution is 2.27. The molecule has 13 heavy (non-hydrogen) atoms. The van der Waals surface area contributed by atoms with Gasteiger partial charge < -0.3 is 15.5 Å². The van der Waals surface area contributed by atoms with Gasteiger partial charge in [0, 0.05) is 13.6 Å². The molecular weight excluding hydrogens is 170 g/mol. The Morgan fingerprint density at radius 1 is 1.54 bits per heavy atom. The maximum atomic E-state index is 11.5. The summed E-state index contributed by atoms with van der Waals surface area (Å²) in [7, 11) is 1.77. The monoisotopic (exact) mass is 183 g/mol. The molecule has 72 valence electrons. The molecule has 2 saturated heterocycles. The van der Waals surface area contributed by atoms with Gasteiger partial charge in [-0.2, -0.15) is 0 Å². The third-order valence-corrected chi connectivity index (χ3v) is 2.98. The number of primary amides is 1. The summed E-state index contributed by atoms with van der Waals surface area (Å²) in [4.78, 5) is 25.8.